The van der Waals surface area contributed by atoms with Gasteiger partial charge in [0.2, 0.25) is 12.5 Å². The first-order valence-electron chi connectivity index (χ1n) is 7.31. The molecule has 1 unspecified atom stereocenters. The SMILES string of the molecule is COc1cc(CNCC(C)(O)CC(C)C)cc2c1OCO2. The number of benzene rings is 1. The van der Waals surface area contributed by atoms with E-state index in [-0.39, 0.29) is 6.79 Å². The molecular formula is C16H25NO4. The van der Waals surface area contributed by atoms with Crippen LogP contribution in [0.1, 0.15) is 32.8 Å². The van der Waals surface area contributed by atoms with Gasteiger partial charge in [-0.3, -0.25) is 0 Å². The molecule has 1 atom stereocenters. The summed E-state index contributed by atoms with van der Waals surface area (Å²) in [5, 5.41) is 13.6. The highest BCUT2D eigenvalue weighted by molar-refractivity contribution is 5.55. The highest BCUT2D eigenvalue weighted by atomic mass is 16.7. The van der Waals surface area contributed by atoms with Gasteiger partial charge in [-0.1, -0.05) is 13.8 Å². The van der Waals surface area contributed by atoms with E-state index in [0.29, 0.717) is 36.3 Å². The Morgan fingerprint density at radius 3 is 2.81 bits per heavy atom. The summed E-state index contributed by atoms with van der Waals surface area (Å²) < 4.78 is 16.1. The van der Waals surface area contributed by atoms with Crippen LogP contribution in [0.3, 0.4) is 0 Å². The Labute approximate surface area is 126 Å². The lowest BCUT2D eigenvalue weighted by atomic mass is 9.94. The summed E-state index contributed by atoms with van der Waals surface area (Å²) in [7, 11) is 1.61. The van der Waals surface area contributed by atoms with E-state index in [1.807, 2.05) is 19.1 Å². The second-order valence-corrected chi connectivity index (χ2v) is 6.23. The standard InChI is InChI=1S/C16H25NO4/c1-11(2)7-16(3,18)9-17-8-12-5-13(19-4)15-14(6-12)20-10-21-15/h5-6,11,17-18H,7-10H2,1-4H3. The molecule has 0 radical (unpaired) electrons. The van der Waals surface area contributed by atoms with Crippen molar-refractivity contribution in [2.24, 2.45) is 5.92 Å². The van der Waals surface area contributed by atoms with Gasteiger partial charge in [-0.05, 0) is 37.0 Å². The van der Waals surface area contributed by atoms with Gasteiger partial charge in [-0.15, -0.1) is 0 Å². The molecule has 5 heteroatoms. The number of hydrogen-bond acceptors (Lipinski definition) is 5. The van der Waals surface area contributed by atoms with E-state index in [4.69, 9.17) is 14.2 Å². The molecule has 2 N–H and O–H groups in total. The molecule has 0 bridgehead atoms. The molecular weight excluding hydrogens is 270 g/mol. The van der Waals surface area contributed by atoms with E-state index >= 15 is 0 Å². The van der Waals surface area contributed by atoms with E-state index in [1.54, 1.807) is 7.11 Å². The molecule has 2 rings (SSSR count). The van der Waals surface area contributed by atoms with Gasteiger partial charge in [0, 0.05) is 13.1 Å². The summed E-state index contributed by atoms with van der Waals surface area (Å²) in [5.41, 5.74) is 0.339. The van der Waals surface area contributed by atoms with E-state index in [9.17, 15) is 5.11 Å². The second-order valence-electron chi connectivity index (χ2n) is 6.23. The Bertz CT molecular complexity index is 485. The molecule has 118 valence electrons. The normalized spacial score (nSPS) is 16.1. The molecule has 1 heterocycles. The molecule has 0 saturated heterocycles. The van der Waals surface area contributed by atoms with Crippen molar-refractivity contribution in [1.82, 2.24) is 5.32 Å². The lowest BCUT2D eigenvalue weighted by Crippen LogP contribution is -2.38. The fraction of sp³-hybridized carbons (Fsp3) is 0.625. The predicted molar refractivity (Wildman–Crippen MR) is 80.9 cm³/mol. The number of hydrogen-bond donors (Lipinski definition) is 2. The number of ether oxygens (including phenoxy) is 3. The number of nitrogens with one attached hydrogen (secondary N) is 1. The van der Waals surface area contributed by atoms with Crippen LogP contribution in [0.4, 0.5) is 0 Å². The van der Waals surface area contributed by atoms with Crippen molar-refractivity contribution < 1.29 is 19.3 Å². The van der Waals surface area contributed by atoms with Crippen molar-refractivity contribution in [2.45, 2.75) is 39.3 Å². The molecule has 0 saturated carbocycles. The first kappa shape index (κ1) is 15.9. The zero-order valence-electron chi connectivity index (χ0n) is 13.2. The van der Waals surface area contributed by atoms with Gasteiger partial charge >= 0.3 is 0 Å². The number of aliphatic hydroxyl groups is 1. The van der Waals surface area contributed by atoms with E-state index < -0.39 is 5.60 Å². The third-order valence-electron chi connectivity index (χ3n) is 3.40. The summed E-state index contributed by atoms with van der Waals surface area (Å²) >= 11 is 0. The maximum absolute atomic E-state index is 10.3. The largest absolute Gasteiger partial charge is 0.493 e. The topological polar surface area (TPSA) is 60.0 Å². The van der Waals surface area contributed by atoms with Crippen LogP contribution in [0.25, 0.3) is 0 Å². The third-order valence-corrected chi connectivity index (χ3v) is 3.40. The highest BCUT2D eigenvalue weighted by Gasteiger charge is 2.22. The average molecular weight is 295 g/mol. The van der Waals surface area contributed by atoms with Gasteiger partial charge in [0.05, 0.1) is 12.7 Å². The minimum atomic E-state index is -0.700. The van der Waals surface area contributed by atoms with E-state index in [2.05, 4.69) is 19.2 Å². The van der Waals surface area contributed by atoms with Crippen LogP contribution in [0.15, 0.2) is 12.1 Å². The van der Waals surface area contributed by atoms with E-state index in [0.717, 1.165) is 12.0 Å². The maximum atomic E-state index is 10.3. The summed E-state index contributed by atoms with van der Waals surface area (Å²) in [6.45, 7) is 7.49. The quantitative estimate of drug-likeness (QED) is 0.808. The molecule has 0 fully saturated rings. The zero-order chi connectivity index (χ0) is 15.5. The van der Waals surface area contributed by atoms with Gasteiger partial charge in [-0.25, -0.2) is 0 Å². The van der Waals surface area contributed by atoms with Crippen molar-refractivity contribution in [3.63, 3.8) is 0 Å². The first-order valence-corrected chi connectivity index (χ1v) is 7.31. The smallest absolute Gasteiger partial charge is 0.231 e. The summed E-state index contributed by atoms with van der Waals surface area (Å²) in [6, 6.07) is 3.87. The van der Waals surface area contributed by atoms with Crippen LogP contribution >= 0.6 is 0 Å². The summed E-state index contributed by atoms with van der Waals surface area (Å²) in [4.78, 5) is 0. The van der Waals surface area contributed by atoms with Crippen LogP contribution in [-0.4, -0.2) is 31.2 Å². The molecule has 0 aromatic heterocycles. The fourth-order valence-electron chi connectivity index (χ4n) is 2.71. The molecule has 0 spiro atoms. The lowest BCUT2D eigenvalue weighted by Gasteiger charge is -2.25. The minimum absolute atomic E-state index is 0.228. The molecule has 1 aromatic rings. The summed E-state index contributed by atoms with van der Waals surface area (Å²) in [6.07, 6.45) is 0.768. The Hall–Kier alpha value is -1.46. The van der Waals surface area contributed by atoms with Crippen LogP contribution in [0.5, 0.6) is 17.2 Å². The highest BCUT2D eigenvalue weighted by Crippen LogP contribution is 2.41. The Morgan fingerprint density at radius 1 is 1.38 bits per heavy atom. The lowest BCUT2D eigenvalue weighted by molar-refractivity contribution is 0.0383. The van der Waals surface area contributed by atoms with Crippen molar-refractivity contribution in [1.29, 1.82) is 0 Å². The molecule has 1 aromatic carbocycles. The van der Waals surface area contributed by atoms with Crippen molar-refractivity contribution in [3.8, 4) is 17.2 Å². The monoisotopic (exact) mass is 295 g/mol. The van der Waals surface area contributed by atoms with Crippen LogP contribution in [0.2, 0.25) is 0 Å². The van der Waals surface area contributed by atoms with Gasteiger partial charge in [0.15, 0.2) is 11.5 Å². The number of rotatable bonds is 7. The minimum Gasteiger partial charge on any atom is -0.493 e. The van der Waals surface area contributed by atoms with Crippen molar-refractivity contribution in [3.05, 3.63) is 17.7 Å². The van der Waals surface area contributed by atoms with Crippen LogP contribution in [0, 0.1) is 5.92 Å². The zero-order valence-corrected chi connectivity index (χ0v) is 13.2. The molecule has 1 aliphatic rings. The second kappa shape index (κ2) is 6.54. The molecule has 21 heavy (non-hydrogen) atoms. The molecule has 0 aliphatic carbocycles. The fourth-order valence-corrected chi connectivity index (χ4v) is 2.71. The Morgan fingerprint density at radius 2 is 2.14 bits per heavy atom. The van der Waals surface area contributed by atoms with Crippen molar-refractivity contribution in [2.75, 3.05) is 20.4 Å². The van der Waals surface area contributed by atoms with Crippen LogP contribution in [-0.2, 0) is 6.54 Å². The Kier molecular flexibility index (Phi) is 4.96. The van der Waals surface area contributed by atoms with Gasteiger partial charge in [0.1, 0.15) is 0 Å². The molecule has 1 aliphatic heterocycles. The van der Waals surface area contributed by atoms with Gasteiger partial charge in [-0.2, -0.15) is 0 Å². The first-order chi connectivity index (χ1) is 9.91. The number of fused-ring (bicyclic) bond motifs is 1. The molecule has 0 amide bonds. The van der Waals surface area contributed by atoms with Gasteiger partial charge in [0.25, 0.3) is 0 Å². The van der Waals surface area contributed by atoms with Crippen LogP contribution < -0.4 is 19.5 Å². The van der Waals surface area contributed by atoms with Crippen molar-refractivity contribution >= 4 is 0 Å². The van der Waals surface area contributed by atoms with E-state index in [1.165, 1.54) is 0 Å². The predicted octanol–water partition coefficient (Wildman–Crippen LogP) is 2.31. The molecule has 5 nitrogen and oxygen atoms in total. The van der Waals surface area contributed by atoms with Gasteiger partial charge < -0.3 is 24.6 Å². The average Bonchev–Trinajstić information content (AvgIpc) is 2.84. The number of methoxy groups -OCH3 is 1. The summed E-state index contributed by atoms with van der Waals surface area (Å²) in [5.74, 6) is 2.51. The Balaban J connectivity index is 1.95. The third kappa shape index (κ3) is 4.25. The maximum Gasteiger partial charge on any atom is 0.231 e.